The van der Waals surface area contributed by atoms with E-state index >= 15 is 0 Å². The van der Waals surface area contributed by atoms with Gasteiger partial charge >= 0.3 is 6.18 Å². The summed E-state index contributed by atoms with van der Waals surface area (Å²) < 4.78 is 79.0. The molecule has 0 radical (unpaired) electrons. The number of hydrogen-bond acceptors (Lipinski definition) is 5. The van der Waals surface area contributed by atoms with Crippen molar-refractivity contribution in [3.05, 3.63) is 95.3 Å². The summed E-state index contributed by atoms with van der Waals surface area (Å²) in [5.41, 5.74) is -4.60. The molecule has 2 N–H and O–H groups in total. The van der Waals surface area contributed by atoms with E-state index in [1.807, 2.05) is 0 Å². The molecule has 0 heterocycles. The number of halogens is 4. The number of carbonyl (C=O) groups excluding carboxylic acids is 1. The topological polar surface area (TPSA) is 107 Å². The molecule has 0 spiro atoms. The zero-order valence-electron chi connectivity index (χ0n) is 17.9. The minimum absolute atomic E-state index is 0.351. The number of aliphatic hydroxyl groups is 1. The van der Waals surface area contributed by atoms with Crippen LogP contribution < -0.4 is 5.32 Å². The van der Waals surface area contributed by atoms with Crippen LogP contribution in [-0.4, -0.2) is 30.8 Å². The van der Waals surface area contributed by atoms with Crippen LogP contribution in [0.15, 0.2) is 77.7 Å². The van der Waals surface area contributed by atoms with Crippen molar-refractivity contribution >= 4 is 21.4 Å². The zero-order chi connectivity index (χ0) is 25.9. The average Bonchev–Trinajstić information content (AvgIpc) is 2.79. The van der Waals surface area contributed by atoms with E-state index in [2.05, 4.69) is 5.32 Å². The van der Waals surface area contributed by atoms with Crippen LogP contribution in [0.4, 0.5) is 23.2 Å². The van der Waals surface area contributed by atoms with Gasteiger partial charge in [-0.3, -0.25) is 4.79 Å². The number of amides is 1. The lowest BCUT2D eigenvalue weighted by atomic mass is 9.95. The van der Waals surface area contributed by atoms with E-state index in [1.165, 1.54) is 18.2 Å². The summed E-state index contributed by atoms with van der Waals surface area (Å²) in [4.78, 5) is 12.7. The van der Waals surface area contributed by atoms with Gasteiger partial charge in [0.05, 0.1) is 27.8 Å². The molecule has 0 bridgehead atoms. The van der Waals surface area contributed by atoms with E-state index in [4.69, 9.17) is 5.26 Å². The maximum atomic E-state index is 13.3. The molecular weight excluding hydrogens is 488 g/mol. The molecule has 1 atom stereocenters. The van der Waals surface area contributed by atoms with E-state index in [0.29, 0.717) is 11.6 Å². The van der Waals surface area contributed by atoms with Crippen molar-refractivity contribution in [2.45, 2.75) is 23.1 Å². The lowest BCUT2D eigenvalue weighted by molar-refractivity contribution is -0.138. The van der Waals surface area contributed by atoms with Gasteiger partial charge in [0.25, 0.3) is 5.91 Å². The normalized spacial score (nSPS) is 13.5. The van der Waals surface area contributed by atoms with Crippen molar-refractivity contribution < 1.29 is 35.9 Å². The maximum Gasteiger partial charge on any atom is 0.417 e. The number of nitrogens with one attached hydrogen (secondary N) is 1. The van der Waals surface area contributed by atoms with Gasteiger partial charge in [-0.1, -0.05) is 30.3 Å². The van der Waals surface area contributed by atoms with Gasteiger partial charge < -0.3 is 10.4 Å². The first-order chi connectivity index (χ1) is 16.3. The van der Waals surface area contributed by atoms with Gasteiger partial charge in [-0.15, -0.1) is 0 Å². The number of sulfone groups is 1. The predicted octanol–water partition coefficient (Wildman–Crippen LogP) is 4.10. The second kappa shape index (κ2) is 9.85. The minimum Gasteiger partial charge on any atom is -0.379 e. The minimum atomic E-state index is -4.89. The van der Waals surface area contributed by atoms with Crippen molar-refractivity contribution in [2.75, 3.05) is 11.1 Å². The van der Waals surface area contributed by atoms with E-state index < -0.39 is 62.3 Å². The Hall–Kier alpha value is -3.75. The number of rotatable bonds is 7. The Morgan fingerprint density at radius 3 is 2.20 bits per heavy atom. The molecule has 3 rings (SSSR count). The Kier molecular flexibility index (Phi) is 7.28. The number of nitriles is 1. The van der Waals surface area contributed by atoms with Crippen LogP contribution in [0.1, 0.15) is 16.7 Å². The molecule has 35 heavy (non-hydrogen) atoms. The fourth-order valence-electron chi connectivity index (χ4n) is 3.37. The van der Waals surface area contributed by atoms with Crippen molar-refractivity contribution in [3.8, 4) is 6.07 Å². The number of carbonyl (C=O) groups is 1. The van der Waals surface area contributed by atoms with Gasteiger partial charge in [0.2, 0.25) is 0 Å². The van der Waals surface area contributed by atoms with Crippen molar-refractivity contribution in [1.82, 2.24) is 0 Å². The summed E-state index contributed by atoms with van der Waals surface area (Å²) in [6.07, 6.45) is -5.37. The first-order valence-corrected chi connectivity index (χ1v) is 11.7. The zero-order valence-corrected chi connectivity index (χ0v) is 18.7. The van der Waals surface area contributed by atoms with Gasteiger partial charge in [0, 0.05) is 12.1 Å². The Morgan fingerprint density at radius 1 is 1.00 bits per heavy atom. The molecule has 6 nitrogen and oxygen atoms in total. The fraction of sp³-hybridized carbons (Fsp3) is 0.167. The van der Waals surface area contributed by atoms with Crippen LogP contribution in [-0.2, 0) is 27.2 Å². The Morgan fingerprint density at radius 2 is 1.63 bits per heavy atom. The van der Waals surface area contributed by atoms with Gasteiger partial charge in [0.1, 0.15) is 5.82 Å². The molecule has 11 heteroatoms. The van der Waals surface area contributed by atoms with Crippen LogP contribution in [0.5, 0.6) is 0 Å². The largest absolute Gasteiger partial charge is 0.417 e. The third-order valence-electron chi connectivity index (χ3n) is 5.07. The smallest absolute Gasteiger partial charge is 0.379 e. The van der Waals surface area contributed by atoms with E-state index in [1.54, 1.807) is 18.2 Å². The lowest BCUT2D eigenvalue weighted by Gasteiger charge is -2.27. The summed E-state index contributed by atoms with van der Waals surface area (Å²) in [7, 11) is -4.33. The molecule has 0 aliphatic heterocycles. The van der Waals surface area contributed by atoms with Crippen LogP contribution >= 0.6 is 0 Å². The molecule has 0 saturated heterocycles. The van der Waals surface area contributed by atoms with Gasteiger partial charge in [-0.25, -0.2) is 12.8 Å². The number of anilines is 1. The highest BCUT2D eigenvalue weighted by Crippen LogP contribution is 2.34. The molecule has 0 aromatic heterocycles. The number of hydrogen-bond donors (Lipinski definition) is 2. The fourth-order valence-corrected chi connectivity index (χ4v) is 4.95. The van der Waals surface area contributed by atoms with E-state index in [9.17, 15) is 35.9 Å². The summed E-state index contributed by atoms with van der Waals surface area (Å²) >= 11 is 0. The third kappa shape index (κ3) is 6.23. The van der Waals surface area contributed by atoms with E-state index in [-0.39, 0.29) is 4.90 Å². The number of alkyl halides is 3. The highest BCUT2D eigenvalue weighted by Gasteiger charge is 2.42. The van der Waals surface area contributed by atoms with Gasteiger partial charge in [0.15, 0.2) is 15.4 Å². The highest BCUT2D eigenvalue weighted by molar-refractivity contribution is 7.91. The standard InChI is InChI=1S/C24H18F4N2O4S/c25-18-7-10-20(11-8-18)35(33,34)15-23(32,13-16-4-2-1-3-5-16)22(31)30-19-9-6-17(14-29)21(12-19)24(26,27)28/h1-12,32H,13,15H2,(H,30,31). The van der Waals surface area contributed by atoms with Crippen LogP contribution in [0.25, 0.3) is 0 Å². The van der Waals surface area contributed by atoms with Crippen molar-refractivity contribution in [1.29, 1.82) is 5.26 Å². The van der Waals surface area contributed by atoms with Crippen LogP contribution in [0.2, 0.25) is 0 Å². The lowest BCUT2D eigenvalue weighted by Crippen LogP contribution is -2.50. The van der Waals surface area contributed by atoms with Gasteiger partial charge in [-0.2, -0.15) is 18.4 Å². The first kappa shape index (κ1) is 25.9. The number of nitrogens with zero attached hydrogens (tertiary/aromatic N) is 1. The summed E-state index contributed by atoms with van der Waals surface area (Å²) in [6, 6.07) is 15.5. The van der Waals surface area contributed by atoms with Gasteiger partial charge in [-0.05, 0) is 48.0 Å². The average molecular weight is 506 g/mol. The van der Waals surface area contributed by atoms with E-state index in [0.717, 1.165) is 36.4 Å². The van der Waals surface area contributed by atoms with Crippen molar-refractivity contribution in [2.24, 2.45) is 0 Å². The molecule has 3 aromatic carbocycles. The molecule has 0 fully saturated rings. The Labute approximate surface area is 198 Å². The number of benzene rings is 3. The molecule has 0 aliphatic carbocycles. The molecule has 1 unspecified atom stereocenters. The molecule has 1 amide bonds. The second-order valence-electron chi connectivity index (χ2n) is 7.73. The Balaban J connectivity index is 1.98. The quantitative estimate of drug-likeness (QED) is 0.371. The molecular formula is C24H18F4N2O4S. The maximum absolute atomic E-state index is 13.3. The first-order valence-electron chi connectivity index (χ1n) is 10.0. The summed E-state index contributed by atoms with van der Waals surface area (Å²) in [5.74, 6) is -3.10. The SMILES string of the molecule is N#Cc1ccc(NC(=O)C(O)(Cc2ccccc2)CS(=O)(=O)c2ccc(F)cc2)cc1C(F)(F)F. The molecule has 0 saturated carbocycles. The summed E-state index contributed by atoms with van der Waals surface area (Å²) in [6.45, 7) is 0. The molecule has 0 aliphatic rings. The van der Waals surface area contributed by atoms with Crippen molar-refractivity contribution in [3.63, 3.8) is 0 Å². The highest BCUT2D eigenvalue weighted by atomic mass is 32.2. The molecule has 3 aromatic rings. The molecule has 182 valence electrons. The third-order valence-corrected chi connectivity index (χ3v) is 6.91. The Bertz CT molecular complexity index is 1370. The summed E-state index contributed by atoms with van der Waals surface area (Å²) in [5, 5.41) is 22.3. The second-order valence-corrected chi connectivity index (χ2v) is 9.72. The monoisotopic (exact) mass is 506 g/mol. The van der Waals surface area contributed by atoms with Crippen LogP contribution in [0, 0.1) is 17.1 Å². The van der Waals surface area contributed by atoms with Crippen LogP contribution in [0.3, 0.4) is 0 Å². The predicted molar refractivity (Wildman–Crippen MR) is 118 cm³/mol.